The minimum absolute atomic E-state index is 0.346. The van der Waals surface area contributed by atoms with Crippen molar-refractivity contribution in [3.63, 3.8) is 0 Å². The van der Waals surface area contributed by atoms with E-state index in [1.807, 2.05) is 0 Å². The molecule has 1 aliphatic carbocycles. The van der Waals surface area contributed by atoms with Gasteiger partial charge in [0.2, 0.25) is 0 Å². The van der Waals surface area contributed by atoms with Gasteiger partial charge in [0.15, 0.2) is 0 Å². The van der Waals surface area contributed by atoms with Crippen molar-refractivity contribution >= 4 is 11.6 Å². The van der Waals surface area contributed by atoms with Crippen LogP contribution in [0.2, 0.25) is 5.15 Å². The summed E-state index contributed by atoms with van der Waals surface area (Å²) in [5.41, 5.74) is 3.70. The van der Waals surface area contributed by atoms with E-state index in [0.29, 0.717) is 17.7 Å². The van der Waals surface area contributed by atoms with Crippen LogP contribution in [0.25, 0.3) is 0 Å². The lowest BCUT2D eigenvalue weighted by molar-refractivity contribution is 0.181. The maximum absolute atomic E-state index is 6.10. The van der Waals surface area contributed by atoms with Crippen LogP contribution in [0, 0.1) is 0 Å². The van der Waals surface area contributed by atoms with Crippen LogP contribution < -0.4 is 0 Å². The smallest absolute Gasteiger partial charge is 0.133 e. The first-order valence-corrected chi connectivity index (χ1v) is 7.23. The lowest BCUT2D eigenvalue weighted by Crippen LogP contribution is -2.16. The van der Waals surface area contributed by atoms with Crippen LogP contribution in [0.15, 0.2) is 30.3 Å². The second-order valence-electron chi connectivity index (χ2n) is 5.18. The number of aryl methyl sites for hydroxylation is 1. The maximum Gasteiger partial charge on any atom is 0.133 e. The van der Waals surface area contributed by atoms with E-state index in [1.54, 1.807) is 13.2 Å². The lowest BCUT2D eigenvalue weighted by atomic mass is 9.83. The van der Waals surface area contributed by atoms with E-state index in [9.17, 15) is 0 Å². The third-order valence-electron chi connectivity index (χ3n) is 3.77. The molecule has 1 aromatic carbocycles. The highest BCUT2D eigenvalue weighted by Gasteiger charge is 2.22. The molecular weight excluding hydrogens is 272 g/mol. The standard InChI is InChI=1S/C16H17ClN2O/c1-20-10-14-9-15(17)19-16(18-14)13-7-6-11-4-2-3-5-12(11)8-13/h2-5,9,13H,6-8,10H2,1H3. The fourth-order valence-corrected chi connectivity index (χ4v) is 3.02. The predicted molar refractivity (Wildman–Crippen MR) is 79.0 cm³/mol. The Bertz CT molecular complexity index is 615. The number of ether oxygens (including phenoxy) is 1. The Kier molecular flexibility index (Phi) is 3.99. The molecule has 1 aliphatic rings. The normalized spacial score (nSPS) is 17.8. The predicted octanol–water partition coefficient (Wildman–Crippen LogP) is 3.55. The average molecular weight is 289 g/mol. The fraction of sp³-hybridized carbons (Fsp3) is 0.375. The van der Waals surface area contributed by atoms with Crippen molar-refractivity contribution in [1.29, 1.82) is 0 Å². The van der Waals surface area contributed by atoms with E-state index in [2.05, 4.69) is 34.2 Å². The van der Waals surface area contributed by atoms with Gasteiger partial charge in [-0.2, -0.15) is 0 Å². The number of halogens is 1. The van der Waals surface area contributed by atoms with Gasteiger partial charge in [-0.3, -0.25) is 0 Å². The van der Waals surface area contributed by atoms with Crippen LogP contribution in [0.4, 0.5) is 0 Å². The van der Waals surface area contributed by atoms with Crippen molar-refractivity contribution in [2.45, 2.75) is 31.8 Å². The fourth-order valence-electron chi connectivity index (χ4n) is 2.81. The van der Waals surface area contributed by atoms with Gasteiger partial charge < -0.3 is 4.74 Å². The topological polar surface area (TPSA) is 35.0 Å². The molecule has 20 heavy (non-hydrogen) atoms. The van der Waals surface area contributed by atoms with Crippen LogP contribution in [0.5, 0.6) is 0 Å². The summed E-state index contributed by atoms with van der Waals surface area (Å²) in [6.45, 7) is 0.471. The minimum atomic E-state index is 0.346. The van der Waals surface area contributed by atoms with Crippen molar-refractivity contribution < 1.29 is 4.74 Å². The molecule has 3 rings (SSSR count). The Balaban J connectivity index is 1.87. The summed E-state index contributed by atoms with van der Waals surface area (Å²) in [5.74, 6) is 1.19. The van der Waals surface area contributed by atoms with Crippen LogP contribution in [0.1, 0.15) is 35.0 Å². The van der Waals surface area contributed by atoms with Crippen LogP contribution in [-0.2, 0) is 24.2 Å². The second kappa shape index (κ2) is 5.90. The summed E-state index contributed by atoms with van der Waals surface area (Å²) in [5, 5.41) is 0.501. The molecule has 0 bridgehead atoms. The second-order valence-corrected chi connectivity index (χ2v) is 5.57. The van der Waals surface area contributed by atoms with Gasteiger partial charge in [0, 0.05) is 13.0 Å². The van der Waals surface area contributed by atoms with E-state index >= 15 is 0 Å². The first kappa shape index (κ1) is 13.5. The van der Waals surface area contributed by atoms with Crippen LogP contribution >= 0.6 is 11.6 Å². The Morgan fingerprint density at radius 3 is 2.85 bits per heavy atom. The highest BCUT2D eigenvalue weighted by molar-refractivity contribution is 6.29. The van der Waals surface area contributed by atoms with Gasteiger partial charge >= 0.3 is 0 Å². The highest BCUT2D eigenvalue weighted by Crippen LogP contribution is 2.31. The maximum atomic E-state index is 6.10. The summed E-state index contributed by atoms with van der Waals surface area (Å²) in [4.78, 5) is 9.01. The number of hydrogen-bond donors (Lipinski definition) is 0. The molecule has 0 N–H and O–H groups in total. The first-order chi connectivity index (χ1) is 9.76. The van der Waals surface area contributed by atoms with Crippen LogP contribution in [-0.4, -0.2) is 17.1 Å². The third-order valence-corrected chi connectivity index (χ3v) is 3.96. The molecular formula is C16H17ClN2O. The molecule has 0 amide bonds. The Morgan fingerprint density at radius 2 is 2.05 bits per heavy atom. The zero-order chi connectivity index (χ0) is 13.9. The molecule has 0 saturated heterocycles. The summed E-state index contributed by atoms with van der Waals surface area (Å²) < 4.78 is 5.13. The number of hydrogen-bond acceptors (Lipinski definition) is 3. The third kappa shape index (κ3) is 2.84. The number of nitrogens with zero attached hydrogens (tertiary/aromatic N) is 2. The monoisotopic (exact) mass is 288 g/mol. The molecule has 4 heteroatoms. The van der Waals surface area contributed by atoms with Gasteiger partial charge in [0.25, 0.3) is 0 Å². The van der Waals surface area contributed by atoms with Crippen molar-refractivity contribution in [3.05, 3.63) is 58.1 Å². The van der Waals surface area contributed by atoms with Crippen molar-refractivity contribution in [3.8, 4) is 0 Å². The number of rotatable bonds is 3. The Morgan fingerprint density at radius 1 is 1.25 bits per heavy atom. The van der Waals surface area contributed by atoms with Gasteiger partial charge in [-0.15, -0.1) is 0 Å². The summed E-state index contributed by atoms with van der Waals surface area (Å²) >= 11 is 6.10. The Labute approximate surface area is 124 Å². The van der Waals surface area contributed by atoms with E-state index in [-0.39, 0.29) is 0 Å². The van der Waals surface area contributed by atoms with E-state index in [0.717, 1.165) is 30.8 Å². The van der Waals surface area contributed by atoms with Gasteiger partial charge in [0.05, 0.1) is 12.3 Å². The number of fused-ring (bicyclic) bond motifs is 1. The van der Waals surface area contributed by atoms with E-state index < -0.39 is 0 Å². The highest BCUT2D eigenvalue weighted by atomic mass is 35.5. The van der Waals surface area contributed by atoms with Gasteiger partial charge in [0.1, 0.15) is 11.0 Å². The molecule has 0 saturated carbocycles. The van der Waals surface area contributed by atoms with Crippen molar-refractivity contribution in [1.82, 2.24) is 9.97 Å². The molecule has 1 unspecified atom stereocenters. The first-order valence-electron chi connectivity index (χ1n) is 6.85. The van der Waals surface area contributed by atoms with Crippen molar-refractivity contribution in [2.75, 3.05) is 7.11 Å². The van der Waals surface area contributed by atoms with Gasteiger partial charge in [-0.05, 0) is 36.5 Å². The van der Waals surface area contributed by atoms with Gasteiger partial charge in [-0.25, -0.2) is 9.97 Å². The number of methoxy groups -OCH3 is 1. The van der Waals surface area contributed by atoms with E-state index in [1.165, 1.54) is 11.1 Å². The molecule has 1 aromatic heterocycles. The van der Waals surface area contributed by atoms with Crippen molar-refractivity contribution in [2.24, 2.45) is 0 Å². The zero-order valence-electron chi connectivity index (χ0n) is 11.5. The number of aromatic nitrogens is 2. The molecule has 1 heterocycles. The molecule has 3 nitrogen and oxygen atoms in total. The lowest BCUT2D eigenvalue weighted by Gasteiger charge is -2.23. The largest absolute Gasteiger partial charge is 0.378 e. The van der Waals surface area contributed by atoms with Gasteiger partial charge in [-0.1, -0.05) is 35.9 Å². The summed E-state index contributed by atoms with van der Waals surface area (Å²) in [7, 11) is 1.66. The molecule has 2 aromatic rings. The zero-order valence-corrected chi connectivity index (χ0v) is 12.2. The molecule has 0 aliphatic heterocycles. The molecule has 0 spiro atoms. The number of benzene rings is 1. The quantitative estimate of drug-likeness (QED) is 0.810. The molecule has 0 radical (unpaired) electrons. The Hall–Kier alpha value is -1.45. The minimum Gasteiger partial charge on any atom is -0.378 e. The summed E-state index contributed by atoms with van der Waals surface area (Å²) in [6.07, 6.45) is 3.14. The van der Waals surface area contributed by atoms with E-state index in [4.69, 9.17) is 16.3 Å². The SMILES string of the molecule is COCc1cc(Cl)nc(C2CCc3ccccc3C2)n1. The molecule has 0 fully saturated rings. The molecule has 104 valence electrons. The average Bonchev–Trinajstić information content (AvgIpc) is 2.46. The molecule has 1 atom stereocenters. The summed E-state index contributed by atoms with van der Waals surface area (Å²) in [6, 6.07) is 10.4. The van der Waals surface area contributed by atoms with Crippen LogP contribution in [0.3, 0.4) is 0 Å².